The monoisotopic (exact) mass is 172 g/mol. The van der Waals surface area contributed by atoms with E-state index in [0.717, 1.165) is 12.8 Å². The summed E-state index contributed by atoms with van der Waals surface area (Å²) in [5.74, 6) is 0.0917. The summed E-state index contributed by atoms with van der Waals surface area (Å²) in [6.45, 7) is 0.910. The summed E-state index contributed by atoms with van der Waals surface area (Å²) >= 11 is 0. The van der Waals surface area contributed by atoms with Crippen LogP contribution in [0.15, 0.2) is 0 Å². The van der Waals surface area contributed by atoms with E-state index in [1.54, 1.807) is 11.9 Å². The third-order valence-electron chi connectivity index (χ3n) is 1.98. The maximum absolute atomic E-state index is 11.4. The first kappa shape index (κ1) is 9.48. The SMILES string of the molecule is CNCC(=O)N(CCO)C1CC1. The van der Waals surface area contributed by atoms with Crippen LogP contribution in [0.2, 0.25) is 0 Å². The quantitative estimate of drug-likeness (QED) is 0.570. The highest BCUT2D eigenvalue weighted by molar-refractivity contribution is 5.78. The number of nitrogens with one attached hydrogen (secondary N) is 1. The zero-order valence-electron chi connectivity index (χ0n) is 7.42. The number of hydrogen-bond acceptors (Lipinski definition) is 3. The predicted molar refractivity (Wildman–Crippen MR) is 45.7 cm³/mol. The summed E-state index contributed by atoms with van der Waals surface area (Å²) in [6, 6.07) is 0.401. The molecule has 0 aromatic carbocycles. The Hall–Kier alpha value is -0.610. The Kier molecular flexibility index (Phi) is 3.49. The summed E-state index contributed by atoms with van der Waals surface area (Å²) in [5.41, 5.74) is 0. The highest BCUT2D eigenvalue weighted by Crippen LogP contribution is 2.26. The lowest BCUT2D eigenvalue weighted by Gasteiger charge is -2.20. The summed E-state index contributed by atoms with van der Waals surface area (Å²) < 4.78 is 0. The number of carbonyl (C=O) groups is 1. The van der Waals surface area contributed by atoms with Crippen molar-refractivity contribution in [3.8, 4) is 0 Å². The maximum Gasteiger partial charge on any atom is 0.236 e. The van der Waals surface area contributed by atoms with Gasteiger partial charge in [-0.05, 0) is 19.9 Å². The van der Waals surface area contributed by atoms with Crippen LogP contribution in [-0.4, -0.2) is 48.7 Å². The second-order valence-electron chi connectivity index (χ2n) is 3.07. The molecule has 70 valence electrons. The Morgan fingerprint density at radius 2 is 2.33 bits per heavy atom. The van der Waals surface area contributed by atoms with Gasteiger partial charge in [-0.3, -0.25) is 4.79 Å². The molecule has 1 aliphatic carbocycles. The summed E-state index contributed by atoms with van der Waals surface area (Å²) in [6.07, 6.45) is 2.19. The minimum Gasteiger partial charge on any atom is -0.395 e. The van der Waals surface area contributed by atoms with Crippen molar-refractivity contribution >= 4 is 5.91 Å². The number of aliphatic hydroxyl groups excluding tert-OH is 1. The molecular formula is C8H16N2O2. The van der Waals surface area contributed by atoms with Gasteiger partial charge in [-0.25, -0.2) is 0 Å². The highest BCUT2D eigenvalue weighted by Gasteiger charge is 2.31. The molecule has 1 aliphatic rings. The van der Waals surface area contributed by atoms with E-state index in [1.807, 2.05) is 0 Å². The summed E-state index contributed by atoms with van der Waals surface area (Å²) in [7, 11) is 1.75. The van der Waals surface area contributed by atoms with Gasteiger partial charge in [0.25, 0.3) is 0 Å². The first-order valence-corrected chi connectivity index (χ1v) is 4.34. The normalized spacial score (nSPS) is 16.2. The maximum atomic E-state index is 11.4. The van der Waals surface area contributed by atoms with Gasteiger partial charge in [0, 0.05) is 12.6 Å². The zero-order chi connectivity index (χ0) is 8.97. The average Bonchev–Trinajstić information content (AvgIpc) is 2.83. The van der Waals surface area contributed by atoms with Gasteiger partial charge < -0.3 is 15.3 Å². The molecule has 2 N–H and O–H groups in total. The number of likely N-dealkylation sites (N-methyl/N-ethyl adjacent to an activating group) is 1. The molecular weight excluding hydrogens is 156 g/mol. The molecule has 1 rings (SSSR count). The van der Waals surface area contributed by atoms with Gasteiger partial charge in [-0.2, -0.15) is 0 Å². The molecule has 4 heteroatoms. The van der Waals surface area contributed by atoms with Crippen LogP contribution in [0.3, 0.4) is 0 Å². The smallest absolute Gasteiger partial charge is 0.236 e. The lowest BCUT2D eigenvalue weighted by Crippen LogP contribution is -2.40. The van der Waals surface area contributed by atoms with Crippen LogP contribution >= 0.6 is 0 Å². The Bertz CT molecular complexity index is 157. The minimum absolute atomic E-state index is 0.0615. The van der Waals surface area contributed by atoms with E-state index in [2.05, 4.69) is 5.32 Å². The fourth-order valence-corrected chi connectivity index (χ4v) is 1.26. The van der Waals surface area contributed by atoms with Gasteiger partial charge >= 0.3 is 0 Å². The van der Waals surface area contributed by atoms with E-state index < -0.39 is 0 Å². The largest absolute Gasteiger partial charge is 0.395 e. The molecule has 1 saturated carbocycles. The standard InChI is InChI=1S/C8H16N2O2/c1-9-6-8(12)10(4-5-11)7-2-3-7/h7,9,11H,2-6H2,1H3. The lowest BCUT2D eigenvalue weighted by atomic mass is 10.4. The average molecular weight is 172 g/mol. The van der Waals surface area contributed by atoms with E-state index in [-0.39, 0.29) is 12.5 Å². The summed E-state index contributed by atoms with van der Waals surface area (Å²) in [4.78, 5) is 13.1. The predicted octanol–water partition coefficient (Wildman–Crippen LogP) is -0.811. The molecule has 1 fully saturated rings. The molecule has 0 bridgehead atoms. The van der Waals surface area contributed by atoms with Crippen molar-refractivity contribution < 1.29 is 9.90 Å². The van der Waals surface area contributed by atoms with Crippen LogP contribution < -0.4 is 5.32 Å². The van der Waals surface area contributed by atoms with Crippen LogP contribution in [0.25, 0.3) is 0 Å². The second-order valence-corrected chi connectivity index (χ2v) is 3.07. The Labute approximate surface area is 72.6 Å². The van der Waals surface area contributed by atoms with Gasteiger partial charge in [-0.1, -0.05) is 0 Å². The third kappa shape index (κ3) is 2.46. The van der Waals surface area contributed by atoms with E-state index in [9.17, 15) is 4.79 Å². The molecule has 12 heavy (non-hydrogen) atoms. The summed E-state index contributed by atoms with van der Waals surface area (Å²) in [5, 5.41) is 11.5. The van der Waals surface area contributed by atoms with Crippen LogP contribution in [-0.2, 0) is 4.79 Å². The van der Waals surface area contributed by atoms with Crippen LogP contribution in [0.4, 0.5) is 0 Å². The minimum atomic E-state index is 0.0615. The van der Waals surface area contributed by atoms with Crippen molar-refractivity contribution in [2.45, 2.75) is 18.9 Å². The molecule has 0 heterocycles. The van der Waals surface area contributed by atoms with Crippen molar-refractivity contribution in [2.75, 3.05) is 26.7 Å². The number of aliphatic hydroxyl groups is 1. The Morgan fingerprint density at radius 3 is 2.75 bits per heavy atom. The van der Waals surface area contributed by atoms with E-state index in [0.29, 0.717) is 19.1 Å². The molecule has 1 amide bonds. The van der Waals surface area contributed by atoms with Crippen LogP contribution in [0.1, 0.15) is 12.8 Å². The molecule has 0 radical (unpaired) electrons. The van der Waals surface area contributed by atoms with Gasteiger partial charge in [0.05, 0.1) is 13.2 Å². The molecule has 0 atom stereocenters. The first-order chi connectivity index (χ1) is 5.79. The van der Waals surface area contributed by atoms with Gasteiger partial charge in [-0.15, -0.1) is 0 Å². The fraction of sp³-hybridized carbons (Fsp3) is 0.875. The Balaban J connectivity index is 2.34. The molecule has 0 spiro atoms. The first-order valence-electron chi connectivity index (χ1n) is 4.34. The number of rotatable bonds is 5. The molecule has 4 nitrogen and oxygen atoms in total. The van der Waals surface area contributed by atoms with Crippen molar-refractivity contribution in [3.63, 3.8) is 0 Å². The van der Waals surface area contributed by atoms with Gasteiger partial charge in [0.1, 0.15) is 0 Å². The molecule has 0 saturated heterocycles. The van der Waals surface area contributed by atoms with Gasteiger partial charge in [0.15, 0.2) is 0 Å². The number of nitrogens with zero attached hydrogens (tertiary/aromatic N) is 1. The zero-order valence-corrected chi connectivity index (χ0v) is 7.42. The second kappa shape index (κ2) is 4.42. The number of hydrogen-bond donors (Lipinski definition) is 2. The van der Waals surface area contributed by atoms with E-state index >= 15 is 0 Å². The number of amides is 1. The van der Waals surface area contributed by atoms with Crippen LogP contribution in [0.5, 0.6) is 0 Å². The number of carbonyl (C=O) groups excluding carboxylic acids is 1. The van der Waals surface area contributed by atoms with Gasteiger partial charge in [0.2, 0.25) is 5.91 Å². The van der Waals surface area contributed by atoms with E-state index in [4.69, 9.17) is 5.11 Å². The highest BCUT2D eigenvalue weighted by atomic mass is 16.3. The fourth-order valence-electron chi connectivity index (χ4n) is 1.26. The molecule has 0 aliphatic heterocycles. The van der Waals surface area contributed by atoms with Crippen molar-refractivity contribution in [2.24, 2.45) is 0 Å². The van der Waals surface area contributed by atoms with Crippen molar-refractivity contribution in [3.05, 3.63) is 0 Å². The molecule has 0 aromatic rings. The molecule has 0 unspecified atom stereocenters. The van der Waals surface area contributed by atoms with Crippen molar-refractivity contribution in [1.82, 2.24) is 10.2 Å². The van der Waals surface area contributed by atoms with E-state index in [1.165, 1.54) is 0 Å². The lowest BCUT2D eigenvalue weighted by molar-refractivity contribution is -0.131. The Morgan fingerprint density at radius 1 is 1.67 bits per heavy atom. The third-order valence-corrected chi connectivity index (χ3v) is 1.98. The topological polar surface area (TPSA) is 52.6 Å². The van der Waals surface area contributed by atoms with Crippen molar-refractivity contribution in [1.29, 1.82) is 0 Å². The molecule has 0 aromatic heterocycles. The van der Waals surface area contributed by atoms with Crippen LogP contribution in [0, 0.1) is 0 Å².